The molecule has 0 aromatic carbocycles. The highest BCUT2D eigenvalue weighted by Crippen LogP contribution is 2.53. The first-order chi connectivity index (χ1) is 11.8. The average molecular weight is 427 g/mol. The SMILES string of the molecule is CC[N+](CC)(CC)CC.[O-]C(F)=C(C(F)(F)F)C(F)(F)C(F)(F)C(F)(F)F. The zero-order chi connectivity index (χ0) is 22.5. The zero-order valence-electron chi connectivity index (χ0n) is 14.8. The smallest absolute Gasteiger partial charge is 0.460 e. The fourth-order valence-corrected chi connectivity index (χ4v) is 2.09. The number of allylic oxidation sites excluding steroid dienone is 1. The summed E-state index contributed by atoms with van der Waals surface area (Å²) in [4.78, 5) is 0. The van der Waals surface area contributed by atoms with Gasteiger partial charge in [-0.1, -0.05) is 0 Å². The van der Waals surface area contributed by atoms with Crippen LogP contribution in [0.2, 0.25) is 0 Å². The lowest BCUT2D eigenvalue weighted by Crippen LogP contribution is -2.55. The fourth-order valence-electron chi connectivity index (χ4n) is 2.09. The molecule has 0 aromatic rings. The maximum Gasteiger partial charge on any atom is 0.460 e. The van der Waals surface area contributed by atoms with E-state index in [1.54, 1.807) is 0 Å². The van der Waals surface area contributed by atoms with Crippen molar-refractivity contribution in [1.29, 1.82) is 0 Å². The minimum Gasteiger partial charge on any atom is -0.851 e. The van der Waals surface area contributed by atoms with Crippen molar-refractivity contribution in [3.8, 4) is 0 Å². The molecule has 0 fully saturated rings. The van der Waals surface area contributed by atoms with Crippen molar-refractivity contribution in [2.75, 3.05) is 26.2 Å². The number of halogens is 11. The van der Waals surface area contributed by atoms with Crippen LogP contribution in [-0.4, -0.2) is 54.9 Å². The van der Waals surface area contributed by atoms with Crippen molar-refractivity contribution >= 4 is 0 Å². The van der Waals surface area contributed by atoms with Gasteiger partial charge in [0.25, 0.3) is 0 Å². The first kappa shape index (κ1) is 27.9. The van der Waals surface area contributed by atoms with E-state index < -0.39 is 35.8 Å². The van der Waals surface area contributed by atoms with E-state index in [4.69, 9.17) is 0 Å². The summed E-state index contributed by atoms with van der Waals surface area (Å²) in [5.74, 6) is -14.3. The summed E-state index contributed by atoms with van der Waals surface area (Å²) in [6.07, 6.45) is -13.8. The highest BCUT2D eigenvalue weighted by molar-refractivity contribution is 5.23. The van der Waals surface area contributed by atoms with E-state index >= 15 is 0 Å². The summed E-state index contributed by atoms with van der Waals surface area (Å²) in [5.41, 5.74) is -4.42. The molecule has 27 heavy (non-hydrogen) atoms. The Morgan fingerprint density at radius 3 is 1.11 bits per heavy atom. The summed E-state index contributed by atoms with van der Waals surface area (Å²) >= 11 is 0. The van der Waals surface area contributed by atoms with E-state index in [0.29, 0.717) is 0 Å². The Bertz CT molecular complexity index is 469. The van der Waals surface area contributed by atoms with E-state index in [9.17, 15) is 53.4 Å². The van der Waals surface area contributed by atoms with Crippen LogP contribution >= 0.6 is 0 Å². The molecule has 0 rings (SSSR count). The van der Waals surface area contributed by atoms with Crippen LogP contribution in [0.15, 0.2) is 11.6 Å². The van der Waals surface area contributed by atoms with Crippen LogP contribution in [0.5, 0.6) is 0 Å². The van der Waals surface area contributed by atoms with Gasteiger partial charge in [0, 0.05) is 0 Å². The molecule has 0 radical (unpaired) electrons. The summed E-state index contributed by atoms with van der Waals surface area (Å²) in [6.45, 7) is 14.2. The van der Waals surface area contributed by atoms with Crippen molar-refractivity contribution in [2.24, 2.45) is 0 Å². The normalized spacial score (nSPS) is 15.1. The van der Waals surface area contributed by atoms with Gasteiger partial charge < -0.3 is 9.59 Å². The lowest BCUT2D eigenvalue weighted by Gasteiger charge is -2.34. The van der Waals surface area contributed by atoms with Crippen LogP contribution < -0.4 is 5.11 Å². The second-order valence-corrected chi connectivity index (χ2v) is 5.40. The predicted molar refractivity (Wildman–Crippen MR) is 72.6 cm³/mol. The molecule has 0 atom stereocenters. The molecule has 0 saturated heterocycles. The van der Waals surface area contributed by atoms with Gasteiger partial charge in [-0.05, 0) is 27.7 Å². The molecule has 0 aromatic heterocycles. The second-order valence-electron chi connectivity index (χ2n) is 5.40. The fraction of sp³-hybridized carbons (Fsp3) is 0.857. The van der Waals surface area contributed by atoms with Gasteiger partial charge in [-0.2, -0.15) is 43.9 Å². The summed E-state index contributed by atoms with van der Waals surface area (Å²) in [6, 6.07) is -4.13. The number of hydrogen-bond acceptors (Lipinski definition) is 1. The first-order valence-corrected chi connectivity index (χ1v) is 7.63. The molecular weight excluding hydrogens is 407 g/mol. The van der Waals surface area contributed by atoms with Gasteiger partial charge in [0.15, 0.2) is 0 Å². The van der Waals surface area contributed by atoms with E-state index in [1.807, 2.05) is 0 Å². The Morgan fingerprint density at radius 2 is 1.00 bits per heavy atom. The summed E-state index contributed by atoms with van der Waals surface area (Å²) in [5, 5.41) is 9.61. The van der Waals surface area contributed by atoms with E-state index in [1.165, 1.54) is 30.7 Å². The molecule has 0 amide bonds. The lowest BCUT2D eigenvalue weighted by molar-refractivity contribution is -0.921. The first-order valence-electron chi connectivity index (χ1n) is 7.63. The van der Waals surface area contributed by atoms with Crippen molar-refractivity contribution < 1.29 is 57.9 Å². The Kier molecular flexibility index (Phi) is 9.61. The van der Waals surface area contributed by atoms with Gasteiger partial charge in [-0.15, -0.1) is 0 Å². The summed E-state index contributed by atoms with van der Waals surface area (Å²) < 4.78 is 132. The van der Waals surface area contributed by atoms with Gasteiger partial charge in [-0.3, -0.25) is 0 Å². The molecule has 0 aliphatic carbocycles. The van der Waals surface area contributed by atoms with Gasteiger partial charge >= 0.3 is 24.2 Å². The molecule has 0 aliphatic heterocycles. The number of hydrogen-bond donors (Lipinski definition) is 0. The van der Waals surface area contributed by atoms with Gasteiger partial charge in [0.2, 0.25) is 0 Å². The van der Waals surface area contributed by atoms with Crippen molar-refractivity contribution in [3.63, 3.8) is 0 Å². The molecule has 0 spiro atoms. The van der Waals surface area contributed by atoms with Crippen molar-refractivity contribution in [2.45, 2.75) is 51.9 Å². The molecule has 0 aliphatic rings. The van der Waals surface area contributed by atoms with Crippen molar-refractivity contribution in [3.05, 3.63) is 11.6 Å². The van der Waals surface area contributed by atoms with Crippen LogP contribution in [0.4, 0.5) is 48.3 Å². The second kappa shape index (κ2) is 9.28. The molecule has 2 nitrogen and oxygen atoms in total. The third-order valence-electron chi connectivity index (χ3n) is 4.23. The van der Waals surface area contributed by atoms with E-state index in [0.717, 1.165) is 0 Å². The van der Waals surface area contributed by atoms with Gasteiger partial charge in [0.05, 0.1) is 32.2 Å². The Hall–Kier alpha value is -1.27. The predicted octanol–water partition coefficient (Wildman–Crippen LogP) is 4.81. The Morgan fingerprint density at radius 1 is 0.704 bits per heavy atom. The third-order valence-corrected chi connectivity index (χ3v) is 4.23. The van der Waals surface area contributed by atoms with Crippen LogP contribution in [0, 0.1) is 0 Å². The zero-order valence-corrected chi connectivity index (χ0v) is 14.8. The van der Waals surface area contributed by atoms with Crippen molar-refractivity contribution in [1.82, 2.24) is 0 Å². The summed E-state index contributed by atoms with van der Waals surface area (Å²) in [7, 11) is 0. The number of nitrogens with zero attached hydrogens (tertiary/aromatic N) is 1. The maximum atomic E-state index is 12.4. The number of alkyl halides is 10. The van der Waals surface area contributed by atoms with Crippen LogP contribution in [0.1, 0.15) is 27.7 Å². The monoisotopic (exact) mass is 427 g/mol. The topological polar surface area (TPSA) is 23.1 Å². The van der Waals surface area contributed by atoms with Gasteiger partial charge in [-0.25, -0.2) is 4.39 Å². The highest BCUT2D eigenvalue weighted by Gasteiger charge is 2.77. The third kappa shape index (κ3) is 6.39. The molecule has 13 heteroatoms. The molecule has 0 bridgehead atoms. The number of rotatable bonds is 6. The van der Waals surface area contributed by atoms with E-state index in [2.05, 4.69) is 27.7 Å². The molecule has 0 unspecified atom stereocenters. The molecule has 0 N–H and O–H groups in total. The maximum absolute atomic E-state index is 12.4. The molecule has 0 heterocycles. The quantitative estimate of drug-likeness (QED) is 0.339. The van der Waals surface area contributed by atoms with Crippen LogP contribution in [-0.2, 0) is 0 Å². The minimum atomic E-state index is -7.26. The highest BCUT2D eigenvalue weighted by atomic mass is 19.4. The average Bonchev–Trinajstić information content (AvgIpc) is 2.47. The standard InChI is InChI=1S/C8H20N.C6HF11O/c1-5-9(6-2,7-3)8-4;7-2(18)1(4(10,11)12)3(8,9)5(13,14)6(15,16)17/h5-8H2,1-4H3;18H/q+1;/p-1. The van der Waals surface area contributed by atoms with Crippen LogP contribution in [0.25, 0.3) is 0 Å². The van der Waals surface area contributed by atoms with Crippen LogP contribution in [0.3, 0.4) is 0 Å². The van der Waals surface area contributed by atoms with Gasteiger partial charge in [0.1, 0.15) is 5.57 Å². The Labute approximate surface area is 148 Å². The Balaban J connectivity index is 0. The molecule has 164 valence electrons. The van der Waals surface area contributed by atoms with E-state index in [-0.39, 0.29) is 0 Å². The minimum absolute atomic E-state index is 1.28. The molecular formula is C14H20F11NO. The largest absolute Gasteiger partial charge is 0.851 e. The lowest BCUT2D eigenvalue weighted by atomic mass is 10.0. The number of quaternary nitrogens is 1. The molecule has 0 saturated carbocycles.